The lowest BCUT2D eigenvalue weighted by molar-refractivity contribution is 0.219. The van der Waals surface area contributed by atoms with Crippen LogP contribution < -0.4 is 0 Å². The highest BCUT2D eigenvalue weighted by Gasteiger charge is 2.13. The van der Waals surface area contributed by atoms with Crippen LogP contribution in [0.25, 0.3) is 0 Å². The van der Waals surface area contributed by atoms with E-state index in [0.717, 1.165) is 20.5 Å². The SMILES string of the molecule is CSc1cccc([C@H](O)c2ccccc2Br)c1. The van der Waals surface area contributed by atoms with Crippen LogP contribution in [0.4, 0.5) is 0 Å². The Labute approximate surface area is 114 Å². The summed E-state index contributed by atoms with van der Waals surface area (Å²) in [6.45, 7) is 0. The minimum atomic E-state index is -0.585. The molecular formula is C14H13BrOS. The Balaban J connectivity index is 2.37. The van der Waals surface area contributed by atoms with Gasteiger partial charge in [0.25, 0.3) is 0 Å². The molecule has 0 radical (unpaired) electrons. The normalized spacial score (nSPS) is 12.4. The third-order valence-electron chi connectivity index (χ3n) is 2.61. The quantitative estimate of drug-likeness (QED) is 0.855. The van der Waals surface area contributed by atoms with E-state index in [9.17, 15) is 5.11 Å². The molecule has 88 valence electrons. The molecule has 0 aliphatic rings. The minimum Gasteiger partial charge on any atom is -0.384 e. The molecule has 17 heavy (non-hydrogen) atoms. The average Bonchev–Trinajstić information content (AvgIpc) is 2.38. The lowest BCUT2D eigenvalue weighted by atomic mass is 10.0. The first-order chi connectivity index (χ1) is 8.22. The molecule has 0 bridgehead atoms. The summed E-state index contributed by atoms with van der Waals surface area (Å²) in [6.07, 6.45) is 1.45. The number of halogens is 1. The highest BCUT2D eigenvalue weighted by molar-refractivity contribution is 9.10. The molecule has 0 spiro atoms. The fourth-order valence-electron chi connectivity index (χ4n) is 1.69. The summed E-state index contributed by atoms with van der Waals surface area (Å²) in [5, 5.41) is 10.4. The van der Waals surface area contributed by atoms with Crippen LogP contribution in [0.2, 0.25) is 0 Å². The van der Waals surface area contributed by atoms with Gasteiger partial charge in [-0.2, -0.15) is 0 Å². The Morgan fingerprint density at radius 2 is 1.88 bits per heavy atom. The van der Waals surface area contributed by atoms with Crippen molar-refractivity contribution in [1.29, 1.82) is 0 Å². The fraction of sp³-hybridized carbons (Fsp3) is 0.143. The number of rotatable bonds is 3. The molecule has 2 aromatic carbocycles. The number of benzene rings is 2. The van der Waals surface area contributed by atoms with Gasteiger partial charge in [-0.15, -0.1) is 11.8 Å². The third kappa shape index (κ3) is 2.92. The maximum atomic E-state index is 10.4. The van der Waals surface area contributed by atoms with E-state index in [1.807, 2.05) is 54.8 Å². The van der Waals surface area contributed by atoms with Crippen molar-refractivity contribution in [2.75, 3.05) is 6.26 Å². The second-order valence-electron chi connectivity index (χ2n) is 3.70. The Bertz CT molecular complexity index is 513. The van der Waals surface area contributed by atoms with Crippen LogP contribution >= 0.6 is 27.7 Å². The molecule has 0 saturated carbocycles. The zero-order valence-corrected chi connectivity index (χ0v) is 11.8. The molecular weight excluding hydrogens is 296 g/mol. The number of thioether (sulfide) groups is 1. The standard InChI is InChI=1S/C14H13BrOS/c1-17-11-6-4-5-10(9-11)14(16)12-7-2-3-8-13(12)15/h2-9,14,16H,1H3/t14-/m0/s1. The summed E-state index contributed by atoms with van der Waals surface area (Å²) in [5.41, 5.74) is 1.81. The summed E-state index contributed by atoms with van der Waals surface area (Å²) >= 11 is 5.14. The number of aliphatic hydroxyl groups is 1. The highest BCUT2D eigenvalue weighted by atomic mass is 79.9. The van der Waals surface area contributed by atoms with E-state index < -0.39 is 6.10 Å². The maximum absolute atomic E-state index is 10.4. The molecule has 0 aromatic heterocycles. The molecule has 1 atom stereocenters. The second-order valence-corrected chi connectivity index (χ2v) is 5.43. The largest absolute Gasteiger partial charge is 0.384 e. The van der Waals surface area contributed by atoms with Crippen LogP contribution in [0.15, 0.2) is 57.9 Å². The molecule has 1 nitrogen and oxygen atoms in total. The van der Waals surface area contributed by atoms with Crippen molar-refractivity contribution in [3.8, 4) is 0 Å². The summed E-state index contributed by atoms with van der Waals surface area (Å²) < 4.78 is 0.932. The zero-order valence-electron chi connectivity index (χ0n) is 9.43. The predicted molar refractivity (Wildman–Crippen MR) is 76.4 cm³/mol. The van der Waals surface area contributed by atoms with E-state index in [-0.39, 0.29) is 0 Å². The lowest BCUT2D eigenvalue weighted by Crippen LogP contribution is -2.00. The molecule has 0 aliphatic heterocycles. The predicted octanol–water partition coefficient (Wildman–Crippen LogP) is 4.25. The van der Waals surface area contributed by atoms with Crippen molar-refractivity contribution in [3.05, 3.63) is 64.1 Å². The Kier molecular flexibility index (Phi) is 4.26. The van der Waals surface area contributed by atoms with E-state index in [1.54, 1.807) is 11.8 Å². The van der Waals surface area contributed by atoms with Gasteiger partial charge in [-0.25, -0.2) is 0 Å². The van der Waals surface area contributed by atoms with Crippen molar-refractivity contribution in [3.63, 3.8) is 0 Å². The first-order valence-corrected chi connectivity index (χ1v) is 7.30. The van der Waals surface area contributed by atoms with E-state index in [0.29, 0.717) is 0 Å². The molecule has 3 heteroatoms. The van der Waals surface area contributed by atoms with Gasteiger partial charge in [0, 0.05) is 9.37 Å². The van der Waals surface area contributed by atoms with Crippen LogP contribution in [0, 0.1) is 0 Å². The van der Waals surface area contributed by atoms with Gasteiger partial charge in [0.15, 0.2) is 0 Å². The molecule has 1 N–H and O–H groups in total. The van der Waals surface area contributed by atoms with Crippen LogP contribution in [0.1, 0.15) is 17.2 Å². The molecule has 0 amide bonds. The Hall–Kier alpha value is -0.770. The smallest absolute Gasteiger partial charge is 0.105 e. The van der Waals surface area contributed by atoms with Gasteiger partial charge in [-0.05, 0) is 35.6 Å². The number of hydrogen-bond acceptors (Lipinski definition) is 2. The van der Waals surface area contributed by atoms with E-state index in [4.69, 9.17) is 0 Å². The van der Waals surface area contributed by atoms with Crippen LogP contribution in [0.3, 0.4) is 0 Å². The van der Waals surface area contributed by atoms with Crippen LogP contribution in [-0.4, -0.2) is 11.4 Å². The molecule has 0 heterocycles. The highest BCUT2D eigenvalue weighted by Crippen LogP contribution is 2.29. The van der Waals surface area contributed by atoms with E-state index in [1.165, 1.54) is 0 Å². The lowest BCUT2D eigenvalue weighted by Gasteiger charge is -2.13. The molecule has 2 aromatic rings. The van der Waals surface area contributed by atoms with E-state index >= 15 is 0 Å². The molecule has 0 aliphatic carbocycles. The van der Waals surface area contributed by atoms with Crippen molar-refractivity contribution >= 4 is 27.7 Å². The summed E-state index contributed by atoms with van der Waals surface area (Å²) in [5.74, 6) is 0. The van der Waals surface area contributed by atoms with Gasteiger partial charge < -0.3 is 5.11 Å². The van der Waals surface area contributed by atoms with Gasteiger partial charge in [0.05, 0.1) is 0 Å². The van der Waals surface area contributed by atoms with Crippen LogP contribution in [0.5, 0.6) is 0 Å². The topological polar surface area (TPSA) is 20.2 Å². The first-order valence-electron chi connectivity index (χ1n) is 5.29. The summed E-state index contributed by atoms with van der Waals surface area (Å²) in [7, 11) is 0. The maximum Gasteiger partial charge on any atom is 0.105 e. The molecule has 0 unspecified atom stereocenters. The summed E-state index contributed by atoms with van der Waals surface area (Å²) in [4.78, 5) is 1.16. The van der Waals surface area contributed by atoms with Crippen molar-refractivity contribution in [2.24, 2.45) is 0 Å². The minimum absolute atomic E-state index is 0.585. The molecule has 2 rings (SSSR count). The monoisotopic (exact) mass is 308 g/mol. The summed E-state index contributed by atoms with van der Waals surface area (Å²) in [6, 6.07) is 15.7. The van der Waals surface area contributed by atoms with Gasteiger partial charge in [-0.1, -0.05) is 46.3 Å². The number of hydrogen-bond donors (Lipinski definition) is 1. The van der Waals surface area contributed by atoms with Crippen LogP contribution in [-0.2, 0) is 0 Å². The average molecular weight is 309 g/mol. The van der Waals surface area contributed by atoms with Gasteiger partial charge in [0.1, 0.15) is 6.10 Å². The van der Waals surface area contributed by atoms with Gasteiger partial charge >= 0.3 is 0 Å². The molecule has 0 fully saturated rings. The van der Waals surface area contributed by atoms with E-state index in [2.05, 4.69) is 15.9 Å². The second kappa shape index (κ2) is 5.71. The molecule has 0 saturated heterocycles. The van der Waals surface area contributed by atoms with Crippen molar-refractivity contribution in [1.82, 2.24) is 0 Å². The van der Waals surface area contributed by atoms with Crippen molar-refractivity contribution in [2.45, 2.75) is 11.0 Å². The van der Waals surface area contributed by atoms with Crippen molar-refractivity contribution < 1.29 is 5.11 Å². The Morgan fingerprint density at radius 1 is 1.12 bits per heavy atom. The first kappa shape index (κ1) is 12.7. The Morgan fingerprint density at radius 3 is 2.59 bits per heavy atom. The fourth-order valence-corrected chi connectivity index (χ4v) is 2.66. The third-order valence-corrected chi connectivity index (χ3v) is 4.06. The zero-order chi connectivity index (χ0) is 12.3. The van der Waals surface area contributed by atoms with Gasteiger partial charge in [0.2, 0.25) is 0 Å². The number of aliphatic hydroxyl groups excluding tert-OH is 1. The van der Waals surface area contributed by atoms with Gasteiger partial charge in [-0.3, -0.25) is 0 Å².